The minimum Gasteiger partial charge on any atom is -0.320 e. The molecule has 1 aliphatic carbocycles. The van der Waals surface area contributed by atoms with Gasteiger partial charge < -0.3 is 10.2 Å². The van der Waals surface area contributed by atoms with Crippen LogP contribution < -0.4 is 5.32 Å². The van der Waals surface area contributed by atoms with Crippen LogP contribution in [0.1, 0.15) is 38.5 Å². The van der Waals surface area contributed by atoms with Crippen molar-refractivity contribution in [1.82, 2.24) is 15.1 Å². The molecule has 1 saturated carbocycles. The zero-order chi connectivity index (χ0) is 11.9. The Balaban J connectivity index is 1.57. The predicted molar refractivity (Wildman–Crippen MR) is 73.4 cm³/mol. The molecule has 1 aliphatic heterocycles. The first-order chi connectivity index (χ1) is 8.40. The number of hydrogen-bond acceptors (Lipinski definition) is 3. The molecular weight excluding hydrogens is 210 g/mol. The van der Waals surface area contributed by atoms with E-state index in [2.05, 4.69) is 15.1 Å². The molecule has 3 heteroatoms. The van der Waals surface area contributed by atoms with Crippen LogP contribution in [0.3, 0.4) is 0 Å². The van der Waals surface area contributed by atoms with E-state index in [1.807, 2.05) is 7.05 Å². The van der Waals surface area contributed by atoms with Crippen LogP contribution in [0.15, 0.2) is 0 Å². The van der Waals surface area contributed by atoms with Gasteiger partial charge in [0.05, 0.1) is 0 Å². The van der Waals surface area contributed by atoms with Crippen LogP contribution in [-0.2, 0) is 0 Å². The van der Waals surface area contributed by atoms with Crippen molar-refractivity contribution in [2.75, 3.05) is 46.3 Å². The lowest BCUT2D eigenvalue weighted by Crippen LogP contribution is -2.49. The number of nitrogens with one attached hydrogen (secondary N) is 1. The molecule has 0 atom stereocenters. The highest BCUT2D eigenvalue weighted by Crippen LogP contribution is 2.24. The molecule has 100 valence electrons. The molecule has 0 spiro atoms. The van der Waals surface area contributed by atoms with Gasteiger partial charge in [-0.3, -0.25) is 4.90 Å². The van der Waals surface area contributed by atoms with Crippen molar-refractivity contribution in [3.63, 3.8) is 0 Å². The molecule has 1 N–H and O–H groups in total. The Bertz CT molecular complexity index is 194. The summed E-state index contributed by atoms with van der Waals surface area (Å²) < 4.78 is 0. The van der Waals surface area contributed by atoms with Crippen LogP contribution in [0.4, 0.5) is 0 Å². The van der Waals surface area contributed by atoms with Crippen LogP contribution in [0, 0.1) is 0 Å². The summed E-state index contributed by atoms with van der Waals surface area (Å²) in [6.07, 6.45) is 8.53. The van der Waals surface area contributed by atoms with Gasteiger partial charge in [-0.1, -0.05) is 12.8 Å². The topological polar surface area (TPSA) is 18.5 Å². The van der Waals surface area contributed by atoms with Gasteiger partial charge in [0.15, 0.2) is 0 Å². The third-order valence-electron chi connectivity index (χ3n) is 4.40. The lowest BCUT2D eigenvalue weighted by Gasteiger charge is -2.38. The van der Waals surface area contributed by atoms with Gasteiger partial charge in [0, 0.05) is 32.2 Å². The molecule has 1 saturated heterocycles. The summed E-state index contributed by atoms with van der Waals surface area (Å²) in [6, 6.07) is 0.932. The Morgan fingerprint density at radius 1 is 1.00 bits per heavy atom. The predicted octanol–water partition coefficient (Wildman–Crippen LogP) is 1.55. The maximum Gasteiger partial charge on any atom is 0.0113 e. The van der Waals surface area contributed by atoms with Crippen LogP contribution in [-0.4, -0.2) is 62.2 Å². The van der Waals surface area contributed by atoms with Gasteiger partial charge in [0.2, 0.25) is 0 Å². The lowest BCUT2D eigenvalue weighted by atomic mass is 10.1. The van der Waals surface area contributed by atoms with E-state index in [1.54, 1.807) is 0 Å². The quantitative estimate of drug-likeness (QED) is 0.710. The first-order valence-electron chi connectivity index (χ1n) is 7.51. The molecule has 1 heterocycles. The van der Waals surface area contributed by atoms with E-state index in [0.717, 1.165) is 6.04 Å². The fraction of sp³-hybridized carbons (Fsp3) is 1.00. The van der Waals surface area contributed by atoms with Crippen molar-refractivity contribution in [3.05, 3.63) is 0 Å². The van der Waals surface area contributed by atoms with Crippen molar-refractivity contribution >= 4 is 0 Å². The summed E-state index contributed by atoms with van der Waals surface area (Å²) in [5.41, 5.74) is 0. The van der Waals surface area contributed by atoms with Crippen LogP contribution in [0.2, 0.25) is 0 Å². The minimum atomic E-state index is 0.932. The Morgan fingerprint density at radius 2 is 1.71 bits per heavy atom. The Labute approximate surface area is 107 Å². The smallest absolute Gasteiger partial charge is 0.0113 e. The van der Waals surface area contributed by atoms with Crippen molar-refractivity contribution < 1.29 is 0 Å². The summed E-state index contributed by atoms with van der Waals surface area (Å²) in [5.74, 6) is 0. The third-order valence-corrected chi connectivity index (χ3v) is 4.40. The molecule has 2 aliphatic rings. The second-order valence-corrected chi connectivity index (χ2v) is 5.63. The second kappa shape index (κ2) is 7.34. The Hall–Kier alpha value is -0.120. The zero-order valence-electron chi connectivity index (χ0n) is 11.5. The van der Waals surface area contributed by atoms with E-state index < -0.39 is 0 Å². The number of rotatable bonds is 6. The SMILES string of the molecule is CNCCCCN1CCN(C2CCCC2)CC1. The molecule has 0 bridgehead atoms. The van der Waals surface area contributed by atoms with Gasteiger partial charge in [-0.05, 0) is 45.8 Å². The fourth-order valence-electron chi connectivity index (χ4n) is 3.26. The average molecular weight is 239 g/mol. The van der Waals surface area contributed by atoms with Gasteiger partial charge in [-0.25, -0.2) is 0 Å². The van der Waals surface area contributed by atoms with Crippen molar-refractivity contribution in [2.24, 2.45) is 0 Å². The molecular formula is C14H29N3. The maximum absolute atomic E-state index is 3.22. The van der Waals surface area contributed by atoms with E-state index in [-0.39, 0.29) is 0 Å². The maximum atomic E-state index is 3.22. The third kappa shape index (κ3) is 4.23. The summed E-state index contributed by atoms with van der Waals surface area (Å²) in [6.45, 7) is 7.71. The number of piperazine rings is 1. The molecule has 0 unspecified atom stereocenters. The van der Waals surface area contributed by atoms with Crippen LogP contribution in [0.25, 0.3) is 0 Å². The summed E-state index contributed by atoms with van der Waals surface area (Å²) in [7, 11) is 2.04. The molecule has 17 heavy (non-hydrogen) atoms. The Kier molecular flexibility index (Phi) is 5.75. The molecule has 3 nitrogen and oxygen atoms in total. The van der Waals surface area contributed by atoms with Crippen molar-refractivity contribution in [1.29, 1.82) is 0 Å². The molecule has 0 aromatic rings. The van der Waals surface area contributed by atoms with Crippen molar-refractivity contribution in [2.45, 2.75) is 44.6 Å². The second-order valence-electron chi connectivity index (χ2n) is 5.63. The fourth-order valence-corrected chi connectivity index (χ4v) is 3.26. The van der Waals surface area contributed by atoms with Gasteiger partial charge in [-0.2, -0.15) is 0 Å². The highest BCUT2D eigenvalue weighted by Gasteiger charge is 2.25. The molecule has 2 rings (SSSR count). The summed E-state index contributed by atoms with van der Waals surface area (Å²) >= 11 is 0. The average Bonchev–Trinajstić information content (AvgIpc) is 2.89. The summed E-state index contributed by atoms with van der Waals surface area (Å²) in [4.78, 5) is 5.40. The monoisotopic (exact) mass is 239 g/mol. The van der Waals surface area contributed by atoms with E-state index >= 15 is 0 Å². The number of nitrogens with zero attached hydrogens (tertiary/aromatic N) is 2. The molecule has 0 aromatic heterocycles. The van der Waals surface area contributed by atoms with E-state index in [0.29, 0.717) is 0 Å². The van der Waals surface area contributed by atoms with E-state index in [9.17, 15) is 0 Å². The number of unbranched alkanes of at least 4 members (excludes halogenated alkanes) is 1. The molecule has 0 amide bonds. The zero-order valence-corrected chi connectivity index (χ0v) is 11.5. The molecule has 0 aromatic carbocycles. The van der Waals surface area contributed by atoms with Crippen molar-refractivity contribution in [3.8, 4) is 0 Å². The molecule has 2 fully saturated rings. The minimum absolute atomic E-state index is 0.932. The van der Waals surface area contributed by atoms with Crippen LogP contribution >= 0.6 is 0 Å². The van der Waals surface area contributed by atoms with Gasteiger partial charge in [0.1, 0.15) is 0 Å². The standard InChI is InChI=1S/C14H29N3/c1-15-8-4-5-9-16-10-12-17(13-11-16)14-6-2-3-7-14/h14-15H,2-13H2,1H3. The number of hydrogen-bond donors (Lipinski definition) is 1. The summed E-state index contributed by atoms with van der Waals surface area (Å²) in [5, 5.41) is 3.22. The lowest BCUT2D eigenvalue weighted by molar-refractivity contribution is 0.0969. The highest BCUT2D eigenvalue weighted by molar-refractivity contribution is 4.81. The van der Waals surface area contributed by atoms with Gasteiger partial charge >= 0.3 is 0 Å². The molecule has 0 radical (unpaired) electrons. The van der Waals surface area contributed by atoms with E-state index in [4.69, 9.17) is 0 Å². The Morgan fingerprint density at radius 3 is 2.35 bits per heavy atom. The first-order valence-corrected chi connectivity index (χ1v) is 7.51. The normalized spacial score (nSPS) is 24.5. The largest absolute Gasteiger partial charge is 0.320 e. The first kappa shape index (κ1) is 13.3. The van der Waals surface area contributed by atoms with Crippen LogP contribution in [0.5, 0.6) is 0 Å². The van der Waals surface area contributed by atoms with Gasteiger partial charge in [0.25, 0.3) is 0 Å². The van der Waals surface area contributed by atoms with Gasteiger partial charge in [-0.15, -0.1) is 0 Å². The highest BCUT2D eigenvalue weighted by atomic mass is 15.3. The van der Waals surface area contributed by atoms with E-state index in [1.165, 1.54) is 77.8 Å².